The number of benzene rings is 2. The van der Waals surface area contributed by atoms with Gasteiger partial charge in [0.15, 0.2) is 15.0 Å². The zero-order valence-electron chi connectivity index (χ0n) is 15.8. The van der Waals surface area contributed by atoms with Crippen molar-refractivity contribution in [3.8, 4) is 0 Å². The lowest BCUT2D eigenvalue weighted by Crippen LogP contribution is -2.39. The Labute approximate surface area is 165 Å². The van der Waals surface area contributed by atoms with Crippen LogP contribution < -0.4 is 4.90 Å². The van der Waals surface area contributed by atoms with E-state index in [1.165, 1.54) is 22.3 Å². The SMILES string of the molecule is Cc1ccc(N2C(SCc3ccccc3C)=NC3CS(=O)(=O)CC32)cc1C. The zero-order chi connectivity index (χ0) is 19.2. The van der Waals surface area contributed by atoms with Gasteiger partial charge in [-0.3, -0.25) is 4.99 Å². The summed E-state index contributed by atoms with van der Waals surface area (Å²) in [5.41, 5.74) is 6.04. The lowest BCUT2D eigenvalue weighted by Gasteiger charge is -2.27. The van der Waals surface area contributed by atoms with Crippen LogP contribution in [0, 0.1) is 20.8 Å². The van der Waals surface area contributed by atoms with Crippen LogP contribution in [0.2, 0.25) is 0 Å². The molecule has 2 aromatic rings. The second-order valence-electron chi connectivity index (χ2n) is 7.48. The summed E-state index contributed by atoms with van der Waals surface area (Å²) in [6, 6.07) is 14.5. The third-order valence-corrected chi connectivity index (χ3v) is 8.21. The molecule has 27 heavy (non-hydrogen) atoms. The van der Waals surface area contributed by atoms with Crippen LogP contribution in [0.3, 0.4) is 0 Å². The smallest absolute Gasteiger partial charge is 0.164 e. The third-order valence-electron chi connectivity index (χ3n) is 5.49. The second kappa shape index (κ2) is 6.99. The lowest BCUT2D eigenvalue weighted by molar-refractivity contribution is 0.601. The molecule has 0 aromatic heterocycles. The number of hydrogen-bond acceptors (Lipinski definition) is 5. The molecule has 0 bridgehead atoms. The Bertz CT molecular complexity index is 1010. The summed E-state index contributed by atoms with van der Waals surface area (Å²) in [5.74, 6) is 1.18. The Morgan fingerprint density at radius 1 is 1.04 bits per heavy atom. The first kappa shape index (κ1) is 18.6. The van der Waals surface area contributed by atoms with Gasteiger partial charge in [0.1, 0.15) is 0 Å². The summed E-state index contributed by atoms with van der Waals surface area (Å²) < 4.78 is 24.3. The molecule has 2 aromatic carbocycles. The van der Waals surface area contributed by atoms with Crippen molar-refractivity contribution in [2.75, 3.05) is 16.4 Å². The first-order valence-corrected chi connectivity index (χ1v) is 12.0. The van der Waals surface area contributed by atoms with E-state index >= 15 is 0 Å². The first-order chi connectivity index (χ1) is 12.8. The van der Waals surface area contributed by atoms with Gasteiger partial charge in [-0.2, -0.15) is 0 Å². The van der Waals surface area contributed by atoms with Crippen molar-refractivity contribution in [2.45, 2.75) is 38.6 Å². The molecule has 0 N–H and O–H groups in total. The van der Waals surface area contributed by atoms with Crippen molar-refractivity contribution in [1.82, 2.24) is 0 Å². The molecule has 0 amide bonds. The minimum atomic E-state index is -3.02. The molecular formula is C21H24N2O2S2. The predicted octanol–water partition coefficient (Wildman–Crippen LogP) is 3.89. The fraction of sp³-hybridized carbons (Fsp3) is 0.381. The highest BCUT2D eigenvalue weighted by Gasteiger charge is 2.47. The molecule has 1 fully saturated rings. The quantitative estimate of drug-likeness (QED) is 0.784. The van der Waals surface area contributed by atoms with Gasteiger partial charge < -0.3 is 4.90 Å². The van der Waals surface area contributed by atoms with Crippen molar-refractivity contribution >= 4 is 32.5 Å². The highest BCUT2D eigenvalue weighted by Crippen LogP contribution is 2.36. The van der Waals surface area contributed by atoms with Crippen molar-refractivity contribution < 1.29 is 8.42 Å². The van der Waals surface area contributed by atoms with Gasteiger partial charge >= 0.3 is 0 Å². The largest absolute Gasteiger partial charge is 0.315 e. The number of rotatable bonds is 3. The Morgan fingerprint density at radius 3 is 2.56 bits per heavy atom. The molecule has 2 heterocycles. The molecule has 0 spiro atoms. The molecule has 2 atom stereocenters. The molecule has 2 aliphatic heterocycles. The summed E-state index contributed by atoms with van der Waals surface area (Å²) in [4.78, 5) is 6.98. The van der Waals surface area contributed by atoms with Crippen LogP contribution in [0.25, 0.3) is 0 Å². The Morgan fingerprint density at radius 2 is 1.81 bits per heavy atom. The maximum Gasteiger partial charge on any atom is 0.164 e. The van der Waals surface area contributed by atoms with Crippen LogP contribution in [-0.2, 0) is 15.6 Å². The Kier molecular flexibility index (Phi) is 4.80. The maximum absolute atomic E-state index is 12.2. The average molecular weight is 401 g/mol. The molecule has 2 aliphatic rings. The van der Waals surface area contributed by atoms with Gasteiger partial charge in [-0.25, -0.2) is 8.42 Å². The van der Waals surface area contributed by atoms with E-state index < -0.39 is 9.84 Å². The number of nitrogens with zero attached hydrogens (tertiary/aromatic N) is 2. The Hall–Kier alpha value is -1.79. The van der Waals surface area contributed by atoms with Gasteiger partial charge in [0.25, 0.3) is 0 Å². The van der Waals surface area contributed by atoms with Gasteiger partial charge in [0.05, 0.1) is 23.6 Å². The zero-order valence-corrected chi connectivity index (χ0v) is 17.5. The highest BCUT2D eigenvalue weighted by atomic mass is 32.2. The van der Waals surface area contributed by atoms with Crippen LogP contribution in [0.15, 0.2) is 47.5 Å². The minimum Gasteiger partial charge on any atom is -0.315 e. The predicted molar refractivity (Wildman–Crippen MR) is 115 cm³/mol. The summed E-state index contributed by atoms with van der Waals surface area (Å²) >= 11 is 1.70. The van der Waals surface area contributed by atoms with Crippen LogP contribution in [0.1, 0.15) is 22.3 Å². The van der Waals surface area contributed by atoms with E-state index in [-0.39, 0.29) is 23.6 Å². The second-order valence-corrected chi connectivity index (χ2v) is 10.6. The number of anilines is 1. The monoisotopic (exact) mass is 400 g/mol. The fourth-order valence-electron chi connectivity index (χ4n) is 3.72. The first-order valence-electron chi connectivity index (χ1n) is 9.16. The number of amidine groups is 1. The van der Waals surface area contributed by atoms with Crippen LogP contribution in [-0.4, -0.2) is 37.2 Å². The Balaban J connectivity index is 1.65. The van der Waals surface area contributed by atoms with Crippen molar-refractivity contribution in [2.24, 2.45) is 4.99 Å². The topological polar surface area (TPSA) is 49.7 Å². The molecular weight excluding hydrogens is 376 g/mol. The van der Waals surface area contributed by atoms with Gasteiger partial charge in [-0.1, -0.05) is 42.1 Å². The summed E-state index contributed by atoms with van der Waals surface area (Å²) in [5, 5.41) is 0.936. The van der Waals surface area contributed by atoms with Gasteiger partial charge in [0.2, 0.25) is 0 Å². The molecule has 142 valence electrons. The number of aliphatic imine (C=N–C) groups is 1. The molecule has 2 unspecified atom stereocenters. The number of hydrogen-bond donors (Lipinski definition) is 0. The maximum atomic E-state index is 12.2. The summed E-state index contributed by atoms with van der Waals surface area (Å²) in [6.07, 6.45) is 0. The minimum absolute atomic E-state index is 0.0866. The van der Waals surface area contributed by atoms with Crippen LogP contribution in [0.4, 0.5) is 5.69 Å². The number of aryl methyl sites for hydroxylation is 3. The number of sulfone groups is 1. The van der Waals surface area contributed by atoms with E-state index in [1.807, 2.05) is 6.07 Å². The average Bonchev–Trinajstić information content (AvgIpc) is 3.08. The van der Waals surface area contributed by atoms with Gasteiger partial charge in [0, 0.05) is 11.4 Å². The van der Waals surface area contributed by atoms with Gasteiger partial charge in [-0.05, 0) is 55.2 Å². The standard InChI is InChI=1S/C21H24N2O2S2/c1-14-8-9-18(10-16(14)3)23-20-13-27(24,25)12-19(20)22-21(23)26-11-17-7-5-4-6-15(17)2/h4-10,19-20H,11-13H2,1-3H3. The highest BCUT2D eigenvalue weighted by molar-refractivity contribution is 8.13. The number of thioether (sulfide) groups is 1. The fourth-order valence-corrected chi connectivity index (χ4v) is 6.77. The van der Waals surface area contributed by atoms with E-state index in [9.17, 15) is 8.42 Å². The van der Waals surface area contributed by atoms with E-state index in [0.717, 1.165) is 16.6 Å². The number of fused-ring (bicyclic) bond motifs is 1. The van der Waals surface area contributed by atoms with Crippen molar-refractivity contribution in [1.29, 1.82) is 0 Å². The van der Waals surface area contributed by atoms with E-state index in [4.69, 9.17) is 4.99 Å². The molecule has 1 saturated heterocycles. The third kappa shape index (κ3) is 3.65. The summed E-state index contributed by atoms with van der Waals surface area (Å²) in [7, 11) is -3.02. The van der Waals surface area contributed by atoms with Crippen molar-refractivity contribution in [3.05, 3.63) is 64.7 Å². The lowest BCUT2D eigenvalue weighted by atomic mass is 10.1. The van der Waals surface area contributed by atoms with Crippen molar-refractivity contribution in [3.63, 3.8) is 0 Å². The van der Waals surface area contributed by atoms with Crippen LogP contribution >= 0.6 is 11.8 Å². The van der Waals surface area contributed by atoms with Gasteiger partial charge in [-0.15, -0.1) is 0 Å². The normalized spacial score (nSPS) is 23.4. The molecule has 0 saturated carbocycles. The molecule has 4 nitrogen and oxygen atoms in total. The van der Waals surface area contributed by atoms with E-state index in [1.54, 1.807) is 11.8 Å². The molecule has 0 radical (unpaired) electrons. The van der Waals surface area contributed by atoms with Crippen LogP contribution in [0.5, 0.6) is 0 Å². The molecule has 0 aliphatic carbocycles. The summed E-state index contributed by atoms with van der Waals surface area (Å²) in [6.45, 7) is 6.30. The molecule has 4 rings (SSSR count). The molecule has 6 heteroatoms. The van der Waals surface area contributed by atoms with E-state index in [2.05, 4.69) is 62.1 Å². The van der Waals surface area contributed by atoms with E-state index in [0.29, 0.717) is 0 Å².